The van der Waals surface area contributed by atoms with Crippen molar-refractivity contribution in [1.82, 2.24) is 19.9 Å². The van der Waals surface area contributed by atoms with Gasteiger partial charge >= 0.3 is 0 Å². The molecule has 2 aromatic heterocycles. The maximum absolute atomic E-state index is 11.7. The van der Waals surface area contributed by atoms with Crippen molar-refractivity contribution < 1.29 is 4.79 Å². The molecule has 0 saturated carbocycles. The third kappa shape index (κ3) is 2.94. The molecule has 0 fully saturated rings. The molecule has 0 aliphatic carbocycles. The van der Waals surface area contributed by atoms with Crippen molar-refractivity contribution in [2.45, 2.75) is 6.92 Å². The smallest absolute Gasteiger partial charge is 0.261 e. The molecule has 0 spiro atoms. The third-order valence-electron chi connectivity index (χ3n) is 1.87. The van der Waals surface area contributed by atoms with Crippen LogP contribution in [-0.4, -0.2) is 25.8 Å². The largest absolute Gasteiger partial charge is 0.290 e. The minimum atomic E-state index is -0.382. The Morgan fingerprint density at radius 1 is 1.29 bits per heavy atom. The van der Waals surface area contributed by atoms with Gasteiger partial charge in [0.2, 0.25) is 5.95 Å². The molecule has 2 heterocycles. The van der Waals surface area contributed by atoms with Crippen LogP contribution >= 0.6 is 11.6 Å². The number of nitrogens with one attached hydrogen (secondary N) is 1. The maximum atomic E-state index is 11.7. The molecule has 0 aromatic carbocycles. The highest BCUT2D eigenvalue weighted by Gasteiger charge is 2.08. The first kappa shape index (κ1) is 11.4. The molecular formula is C10H8ClN5O. The molecule has 0 saturated heterocycles. The van der Waals surface area contributed by atoms with E-state index in [0.29, 0.717) is 11.3 Å². The zero-order valence-electron chi connectivity index (χ0n) is 8.88. The number of carbonyl (C=O) groups is 1. The molecule has 0 unspecified atom stereocenters. The lowest BCUT2D eigenvalue weighted by atomic mass is 10.3. The van der Waals surface area contributed by atoms with Crippen LogP contribution in [0.1, 0.15) is 16.1 Å². The number of hydrogen-bond donors (Lipinski definition) is 1. The van der Waals surface area contributed by atoms with Crippen molar-refractivity contribution in [3.05, 3.63) is 41.2 Å². The number of hydrogen-bond acceptors (Lipinski definition) is 5. The van der Waals surface area contributed by atoms with E-state index in [0.717, 1.165) is 0 Å². The SMILES string of the molecule is Cc1cc(Cl)nc(NC(=O)c2cncnc2)n1. The van der Waals surface area contributed by atoms with Gasteiger partial charge in [0, 0.05) is 18.1 Å². The lowest BCUT2D eigenvalue weighted by Crippen LogP contribution is -2.15. The van der Waals surface area contributed by atoms with Crippen LogP contribution in [0.3, 0.4) is 0 Å². The number of amides is 1. The molecule has 0 bridgehead atoms. The minimum Gasteiger partial charge on any atom is -0.290 e. The number of aryl methyl sites for hydroxylation is 1. The maximum Gasteiger partial charge on any atom is 0.261 e. The fourth-order valence-electron chi connectivity index (χ4n) is 1.18. The molecule has 1 amide bonds. The monoisotopic (exact) mass is 249 g/mol. The molecule has 86 valence electrons. The molecule has 0 aliphatic heterocycles. The number of halogens is 1. The van der Waals surface area contributed by atoms with Crippen LogP contribution in [-0.2, 0) is 0 Å². The van der Waals surface area contributed by atoms with Gasteiger partial charge in [-0.05, 0) is 13.0 Å². The Hall–Kier alpha value is -2.08. The van der Waals surface area contributed by atoms with Gasteiger partial charge in [-0.25, -0.2) is 19.9 Å². The zero-order chi connectivity index (χ0) is 12.3. The van der Waals surface area contributed by atoms with E-state index in [4.69, 9.17) is 11.6 Å². The predicted octanol–water partition coefficient (Wildman–Crippen LogP) is 1.48. The van der Waals surface area contributed by atoms with Gasteiger partial charge in [-0.1, -0.05) is 11.6 Å². The van der Waals surface area contributed by atoms with Crippen molar-refractivity contribution in [3.8, 4) is 0 Å². The van der Waals surface area contributed by atoms with Crippen molar-refractivity contribution in [1.29, 1.82) is 0 Å². The normalized spacial score (nSPS) is 10.0. The van der Waals surface area contributed by atoms with Gasteiger partial charge in [0.05, 0.1) is 5.56 Å². The van der Waals surface area contributed by atoms with Crippen LogP contribution in [0.2, 0.25) is 5.15 Å². The molecule has 0 radical (unpaired) electrons. The number of carbonyl (C=O) groups excluding carboxylic acids is 1. The molecule has 2 aromatic rings. The van der Waals surface area contributed by atoms with Crippen LogP contribution in [0, 0.1) is 6.92 Å². The second kappa shape index (κ2) is 4.84. The molecule has 2 rings (SSSR count). The summed E-state index contributed by atoms with van der Waals surface area (Å²) in [6.45, 7) is 1.76. The van der Waals surface area contributed by atoms with E-state index in [2.05, 4.69) is 25.3 Å². The summed E-state index contributed by atoms with van der Waals surface area (Å²) in [4.78, 5) is 27.1. The molecule has 7 heteroatoms. The molecular weight excluding hydrogens is 242 g/mol. The third-order valence-corrected chi connectivity index (χ3v) is 2.06. The molecule has 0 aliphatic rings. The minimum absolute atomic E-state index is 0.156. The average molecular weight is 250 g/mol. The molecule has 6 nitrogen and oxygen atoms in total. The van der Waals surface area contributed by atoms with Gasteiger partial charge < -0.3 is 0 Å². The summed E-state index contributed by atoms with van der Waals surface area (Å²) < 4.78 is 0. The fourth-order valence-corrected chi connectivity index (χ4v) is 1.41. The van der Waals surface area contributed by atoms with E-state index in [9.17, 15) is 4.79 Å². The summed E-state index contributed by atoms with van der Waals surface area (Å²) in [5, 5.41) is 2.79. The van der Waals surface area contributed by atoms with E-state index in [-0.39, 0.29) is 17.0 Å². The summed E-state index contributed by atoms with van der Waals surface area (Å²) >= 11 is 5.75. The van der Waals surface area contributed by atoms with E-state index in [1.165, 1.54) is 18.7 Å². The van der Waals surface area contributed by atoms with Crippen LogP contribution in [0.5, 0.6) is 0 Å². The lowest BCUT2D eigenvalue weighted by molar-refractivity contribution is 0.102. The topological polar surface area (TPSA) is 80.7 Å². The summed E-state index contributed by atoms with van der Waals surface area (Å²) in [5.74, 6) is -0.226. The van der Waals surface area contributed by atoms with E-state index < -0.39 is 0 Å². The van der Waals surface area contributed by atoms with Crippen molar-refractivity contribution in [2.24, 2.45) is 0 Å². The summed E-state index contributed by atoms with van der Waals surface area (Å²) in [6, 6.07) is 1.60. The first-order valence-electron chi connectivity index (χ1n) is 4.73. The van der Waals surface area contributed by atoms with Crippen LogP contribution in [0.4, 0.5) is 5.95 Å². The number of rotatable bonds is 2. The first-order valence-corrected chi connectivity index (χ1v) is 5.10. The Morgan fingerprint density at radius 2 is 2.00 bits per heavy atom. The number of nitrogens with zero attached hydrogens (tertiary/aromatic N) is 4. The number of anilines is 1. The average Bonchev–Trinajstić information content (AvgIpc) is 2.28. The summed E-state index contributed by atoms with van der Waals surface area (Å²) in [5.41, 5.74) is 0.998. The summed E-state index contributed by atoms with van der Waals surface area (Å²) in [6.07, 6.45) is 4.15. The number of aromatic nitrogens is 4. The molecule has 0 atom stereocenters. The Balaban J connectivity index is 2.19. The van der Waals surface area contributed by atoms with Crippen LogP contribution in [0.25, 0.3) is 0 Å². The van der Waals surface area contributed by atoms with Crippen LogP contribution < -0.4 is 5.32 Å². The van der Waals surface area contributed by atoms with Crippen molar-refractivity contribution in [3.63, 3.8) is 0 Å². The zero-order valence-corrected chi connectivity index (χ0v) is 9.64. The fraction of sp³-hybridized carbons (Fsp3) is 0.100. The van der Waals surface area contributed by atoms with Gasteiger partial charge in [-0.2, -0.15) is 0 Å². The van der Waals surface area contributed by atoms with Crippen LogP contribution in [0.15, 0.2) is 24.8 Å². The predicted molar refractivity (Wildman–Crippen MR) is 61.8 cm³/mol. The van der Waals surface area contributed by atoms with Crippen molar-refractivity contribution >= 4 is 23.5 Å². The summed E-state index contributed by atoms with van der Waals surface area (Å²) in [7, 11) is 0. The molecule has 17 heavy (non-hydrogen) atoms. The highest BCUT2D eigenvalue weighted by molar-refractivity contribution is 6.29. The lowest BCUT2D eigenvalue weighted by Gasteiger charge is -2.03. The molecule has 1 N–H and O–H groups in total. The second-order valence-electron chi connectivity index (χ2n) is 3.24. The Labute approximate surface area is 102 Å². The van der Waals surface area contributed by atoms with Crippen molar-refractivity contribution in [2.75, 3.05) is 5.32 Å². The Kier molecular flexibility index (Phi) is 3.24. The first-order chi connectivity index (χ1) is 8.15. The Bertz CT molecular complexity index is 525. The van der Waals surface area contributed by atoms with E-state index in [1.54, 1.807) is 13.0 Å². The second-order valence-corrected chi connectivity index (χ2v) is 3.62. The standard InChI is InChI=1S/C10H8ClN5O/c1-6-2-8(11)15-10(14-6)16-9(17)7-3-12-5-13-4-7/h2-5H,1H3,(H,14,15,16,17). The van der Waals surface area contributed by atoms with E-state index in [1.807, 2.05) is 0 Å². The van der Waals surface area contributed by atoms with Gasteiger partial charge in [0.1, 0.15) is 11.5 Å². The van der Waals surface area contributed by atoms with Gasteiger partial charge in [0.25, 0.3) is 5.91 Å². The van der Waals surface area contributed by atoms with Gasteiger partial charge in [-0.3, -0.25) is 10.1 Å². The van der Waals surface area contributed by atoms with Gasteiger partial charge in [-0.15, -0.1) is 0 Å². The quantitative estimate of drug-likeness (QED) is 0.816. The Morgan fingerprint density at radius 3 is 2.65 bits per heavy atom. The highest BCUT2D eigenvalue weighted by atomic mass is 35.5. The van der Waals surface area contributed by atoms with E-state index >= 15 is 0 Å². The van der Waals surface area contributed by atoms with Gasteiger partial charge in [0.15, 0.2) is 0 Å². The highest BCUT2D eigenvalue weighted by Crippen LogP contribution is 2.10.